The molecule has 0 unspecified atom stereocenters. The second-order valence-corrected chi connectivity index (χ2v) is 4.09. The molecule has 0 fully saturated rings. The van der Waals surface area contributed by atoms with E-state index >= 15 is 0 Å². The SMILES string of the molecule is Nc1cnc(Nc2ccc(Cl)cc2C(F)(F)F)nc1. The Hall–Kier alpha value is -2.02. The summed E-state index contributed by atoms with van der Waals surface area (Å²) >= 11 is 5.57. The first-order valence-electron chi connectivity index (χ1n) is 5.07. The minimum atomic E-state index is -4.53. The van der Waals surface area contributed by atoms with Crippen LogP contribution >= 0.6 is 11.6 Å². The second kappa shape index (κ2) is 4.93. The van der Waals surface area contributed by atoms with Crippen LogP contribution in [0.1, 0.15) is 5.56 Å². The van der Waals surface area contributed by atoms with Crippen LogP contribution in [0.4, 0.5) is 30.5 Å². The minimum Gasteiger partial charge on any atom is -0.396 e. The van der Waals surface area contributed by atoms with Crippen molar-refractivity contribution >= 4 is 28.9 Å². The highest BCUT2D eigenvalue weighted by molar-refractivity contribution is 6.30. The Bertz CT molecular complexity index is 583. The van der Waals surface area contributed by atoms with Gasteiger partial charge in [0, 0.05) is 5.02 Å². The summed E-state index contributed by atoms with van der Waals surface area (Å²) in [6, 6.07) is 3.39. The molecule has 0 spiro atoms. The van der Waals surface area contributed by atoms with E-state index in [0.29, 0.717) is 5.69 Å². The van der Waals surface area contributed by atoms with Crippen LogP contribution in [-0.4, -0.2) is 9.97 Å². The van der Waals surface area contributed by atoms with Crippen LogP contribution in [0.15, 0.2) is 30.6 Å². The number of nitrogens with two attached hydrogens (primary N) is 1. The Morgan fingerprint density at radius 1 is 1.16 bits per heavy atom. The average Bonchev–Trinajstić information content (AvgIpc) is 2.33. The quantitative estimate of drug-likeness (QED) is 0.888. The van der Waals surface area contributed by atoms with E-state index in [0.717, 1.165) is 6.07 Å². The lowest BCUT2D eigenvalue weighted by atomic mass is 10.1. The summed E-state index contributed by atoms with van der Waals surface area (Å²) in [7, 11) is 0. The molecule has 1 heterocycles. The van der Waals surface area contributed by atoms with E-state index in [1.165, 1.54) is 24.5 Å². The van der Waals surface area contributed by atoms with E-state index in [-0.39, 0.29) is 16.7 Å². The van der Waals surface area contributed by atoms with Gasteiger partial charge in [-0.05, 0) is 18.2 Å². The fourth-order valence-corrected chi connectivity index (χ4v) is 1.56. The van der Waals surface area contributed by atoms with Gasteiger partial charge in [-0.15, -0.1) is 0 Å². The summed E-state index contributed by atoms with van der Waals surface area (Å²) in [5.41, 5.74) is 4.64. The molecule has 100 valence electrons. The number of anilines is 3. The number of hydrogen-bond donors (Lipinski definition) is 2. The van der Waals surface area contributed by atoms with E-state index < -0.39 is 11.7 Å². The molecular weight excluding hydrogens is 281 g/mol. The molecule has 0 bridgehead atoms. The zero-order chi connectivity index (χ0) is 14.0. The number of rotatable bonds is 2. The molecule has 19 heavy (non-hydrogen) atoms. The van der Waals surface area contributed by atoms with Crippen molar-refractivity contribution in [3.05, 3.63) is 41.2 Å². The average molecular weight is 289 g/mol. The molecule has 0 amide bonds. The van der Waals surface area contributed by atoms with E-state index in [4.69, 9.17) is 17.3 Å². The molecule has 0 aliphatic rings. The summed E-state index contributed by atoms with van der Waals surface area (Å²) < 4.78 is 38.5. The highest BCUT2D eigenvalue weighted by atomic mass is 35.5. The molecule has 1 aromatic carbocycles. The highest BCUT2D eigenvalue weighted by Crippen LogP contribution is 2.37. The third-order valence-corrected chi connectivity index (χ3v) is 2.44. The summed E-state index contributed by atoms with van der Waals surface area (Å²) in [6.07, 6.45) is -1.95. The van der Waals surface area contributed by atoms with Gasteiger partial charge in [0.2, 0.25) is 5.95 Å². The lowest BCUT2D eigenvalue weighted by molar-refractivity contribution is -0.136. The number of benzene rings is 1. The molecule has 0 aliphatic heterocycles. The van der Waals surface area contributed by atoms with Crippen LogP contribution in [0.3, 0.4) is 0 Å². The molecular formula is C11H8ClF3N4. The number of nitrogens with one attached hydrogen (secondary N) is 1. The molecule has 0 aliphatic carbocycles. The molecule has 0 saturated heterocycles. The molecule has 4 nitrogen and oxygen atoms in total. The summed E-state index contributed by atoms with van der Waals surface area (Å²) in [5, 5.41) is 2.47. The van der Waals surface area contributed by atoms with Gasteiger partial charge in [0.15, 0.2) is 0 Å². The number of nitrogen functional groups attached to an aromatic ring is 1. The number of aromatic nitrogens is 2. The Morgan fingerprint density at radius 3 is 2.37 bits per heavy atom. The van der Waals surface area contributed by atoms with Crippen molar-refractivity contribution in [2.75, 3.05) is 11.1 Å². The normalized spacial score (nSPS) is 11.4. The van der Waals surface area contributed by atoms with Gasteiger partial charge < -0.3 is 11.1 Å². The lowest BCUT2D eigenvalue weighted by Crippen LogP contribution is -2.09. The number of nitrogens with zero attached hydrogens (tertiary/aromatic N) is 2. The standard InChI is InChI=1S/C11H8ClF3N4/c12-6-1-2-9(8(3-6)11(13,14)15)19-10-17-4-7(16)5-18-10/h1-5H,16H2,(H,17,18,19). The minimum absolute atomic E-state index is 0.00361. The van der Waals surface area contributed by atoms with Crippen LogP contribution in [0, 0.1) is 0 Å². The maximum Gasteiger partial charge on any atom is 0.418 e. The number of hydrogen-bond acceptors (Lipinski definition) is 4. The summed E-state index contributed by atoms with van der Waals surface area (Å²) in [6.45, 7) is 0. The second-order valence-electron chi connectivity index (χ2n) is 3.65. The molecule has 1 aromatic heterocycles. The fraction of sp³-hybridized carbons (Fsp3) is 0.0909. The molecule has 0 atom stereocenters. The Kier molecular flexibility index (Phi) is 3.48. The Balaban J connectivity index is 2.37. The van der Waals surface area contributed by atoms with Crippen molar-refractivity contribution in [1.29, 1.82) is 0 Å². The highest BCUT2D eigenvalue weighted by Gasteiger charge is 2.34. The molecule has 3 N–H and O–H groups in total. The maximum absolute atomic E-state index is 12.8. The predicted octanol–water partition coefficient (Wildman–Crippen LogP) is 3.47. The molecule has 8 heteroatoms. The van der Waals surface area contributed by atoms with Gasteiger partial charge in [-0.1, -0.05) is 11.6 Å². The van der Waals surface area contributed by atoms with Crippen molar-refractivity contribution in [2.24, 2.45) is 0 Å². The van der Waals surface area contributed by atoms with Gasteiger partial charge in [-0.3, -0.25) is 0 Å². The van der Waals surface area contributed by atoms with E-state index in [2.05, 4.69) is 15.3 Å². The number of alkyl halides is 3. The van der Waals surface area contributed by atoms with Gasteiger partial charge in [0.1, 0.15) is 0 Å². The molecule has 2 aromatic rings. The van der Waals surface area contributed by atoms with Crippen LogP contribution < -0.4 is 11.1 Å². The van der Waals surface area contributed by atoms with Gasteiger partial charge in [-0.25, -0.2) is 9.97 Å². The van der Waals surface area contributed by atoms with E-state index in [1.54, 1.807) is 0 Å². The van der Waals surface area contributed by atoms with Crippen LogP contribution in [-0.2, 0) is 6.18 Å². The molecule has 0 saturated carbocycles. The van der Waals surface area contributed by atoms with Crippen molar-refractivity contribution in [3.8, 4) is 0 Å². The number of halogens is 4. The summed E-state index contributed by atoms with van der Waals surface area (Å²) in [5.74, 6) is 0.0158. The van der Waals surface area contributed by atoms with E-state index in [1.807, 2.05) is 0 Å². The van der Waals surface area contributed by atoms with Crippen LogP contribution in [0.2, 0.25) is 5.02 Å². The fourth-order valence-electron chi connectivity index (χ4n) is 1.38. The zero-order valence-corrected chi connectivity index (χ0v) is 10.1. The Morgan fingerprint density at radius 2 is 1.79 bits per heavy atom. The van der Waals surface area contributed by atoms with Crippen molar-refractivity contribution in [3.63, 3.8) is 0 Å². The summed E-state index contributed by atoms with van der Waals surface area (Å²) in [4.78, 5) is 7.54. The van der Waals surface area contributed by atoms with Crippen LogP contribution in [0.25, 0.3) is 0 Å². The first-order chi connectivity index (χ1) is 8.86. The lowest BCUT2D eigenvalue weighted by Gasteiger charge is -2.13. The van der Waals surface area contributed by atoms with E-state index in [9.17, 15) is 13.2 Å². The van der Waals surface area contributed by atoms with Gasteiger partial charge in [0.05, 0.1) is 29.3 Å². The van der Waals surface area contributed by atoms with Gasteiger partial charge >= 0.3 is 6.18 Å². The monoisotopic (exact) mass is 288 g/mol. The zero-order valence-electron chi connectivity index (χ0n) is 9.37. The maximum atomic E-state index is 12.8. The smallest absolute Gasteiger partial charge is 0.396 e. The Labute approximate surface area is 111 Å². The molecule has 0 radical (unpaired) electrons. The first kappa shape index (κ1) is 13.4. The largest absolute Gasteiger partial charge is 0.418 e. The molecule has 2 rings (SSSR count). The van der Waals surface area contributed by atoms with Crippen molar-refractivity contribution in [2.45, 2.75) is 6.18 Å². The predicted molar refractivity (Wildman–Crippen MR) is 66.2 cm³/mol. The van der Waals surface area contributed by atoms with Crippen molar-refractivity contribution < 1.29 is 13.2 Å². The van der Waals surface area contributed by atoms with Gasteiger partial charge in [-0.2, -0.15) is 13.2 Å². The first-order valence-corrected chi connectivity index (χ1v) is 5.45. The third-order valence-electron chi connectivity index (χ3n) is 2.21. The van der Waals surface area contributed by atoms with Gasteiger partial charge in [0.25, 0.3) is 0 Å². The van der Waals surface area contributed by atoms with Crippen molar-refractivity contribution in [1.82, 2.24) is 9.97 Å². The topological polar surface area (TPSA) is 63.8 Å². The third kappa shape index (κ3) is 3.25. The van der Waals surface area contributed by atoms with Crippen LogP contribution in [0.5, 0.6) is 0 Å².